The minimum absolute atomic E-state index is 0. The molecule has 0 saturated carbocycles. The molecule has 0 saturated heterocycles. The molecule has 0 aliphatic heterocycles. The fraction of sp³-hybridized carbons (Fsp3) is 0.194. The number of benzene rings is 3. The van der Waals surface area contributed by atoms with E-state index in [1.165, 1.54) is 9.36 Å². The molecule has 32 heteroatoms. The second kappa shape index (κ2) is 33.7. The van der Waals surface area contributed by atoms with Gasteiger partial charge in [-0.05, 0) is 180 Å². The maximum Gasteiger partial charge on any atom is 1.00 e. The molecule has 0 aliphatic carbocycles. The van der Waals surface area contributed by atoms with Crippen LogP contribution in [0.3, 0.4) is 0 Å². The van der Waals surface area contributed by atoms with E-state index in [1.807, 2.05) is 114 Å². The van der Waals surface area contributed by atoms with Crippen molar-refractivity contribution in [3.05, 3.63) is 243 Å². The quantitative estimate of drug-likeness (QED) is 0.0410. The molecule has 12 aromatic rings. The maximum atomic E-state index is 12.6. The van der Waals surface area contributed by atoms with Crippen LogP contribution in [0.5, 0.6) is 0 Å². The number of pyridine rings is 6. The van der Waals surface area contributed by atoms with Crippen LogP contribution in [0, 0.1) is 66.5 Å². The van der Waals surface area contributed by atoms with E-state index < -0.39 is 11.8 Å². The van der Waals surface area contributed by atoms with Crippen molar-refractivity contribution < 1.29 is 31.5 Å². The van der Waals surface area contributed by atoms with Crippen LogP contribution in [0.15, 0.2) is 114 Å². The van der Waals surface area contributed by atoms with Crippen LogP contribution in [-0.4, -0.2) is 91.9 Å². The Labute approximate surface area is 602 Å². The normalized spacial score (nSPS) is 10.5. The number of halogens is 4. The number of aromatic nitrogens is 15. The number of hydrogen-bond acceptors (Lipinski definition) is 19. The molecule has 9 N–H and O–H groups in total. The van der Waals surface area contributed by atoms with E-state index in [4.69, 9.17) is 77.0 Å². The third kappa shape index (κ3) is 18.9. The molecule has 0 unspecified atom stereocenters. The SMILES string of the molecule is C.Cc1cc(N)nc(C)c1CNC(=O)c1nc(Br)n(Cc2ccc3ncc(Cl)cc3c2)n1.[C-]#N.[C-]#[N+]c1nc(C(=O)NCc2c(C)cc(N)nc2C)nn1Cc1ccc2ncc(Cl)cc2c1.[C-]#[N+]c1nc(C(=O)NCc2c(C)cc(N)nc2C)nn1Cc1ccc2ncc(Cl)cc2c1.[Cu+]. The van der Waals surface area contributed by atoms with Gasteiger partial charge in [-0.25, -0.2) is 19.6 Å². The molecule has 506 valence electrons. The first kappa shape index (κ1) is 75.3. The first-order valence-corrected chi connectivity index (χ1v) is 31.0. The molecule has 0 spiro atoms. The average molecular weight is 1500 g/mol. The Morgan fingerprint density at radius 3 is 1.07 bits per heavy atom. The summed E-state index contributed by atoms with van der Waals surface area (Å²) in [5.41, 5.74) is 30.2. The summed E-state index contributed by atoms with van der Waals surface area (Å²) in [5, 5.41) is 31.9. The summed E-state index contributed by atoms with van der Waals surface area (Å²) in [6.45, 7) is 32.6. The van der Waals surface area contributed by atoms with Gasteiger partial charge < -0.3 is 54.7 Å². The smallest absolute Gasteiger partial charge is 0.512 e. The van der Waals surface area contributed by atoms with Gasteiger partial charge in [-0.3, -0.25) is 29.3 Å². The van der Waals surface area contributed by atoms with Gasteiger partial charge in [0.1, 0.15) is 30.5 Å². The van der Waals surface area contributed by atoms with Gasteiger partial charge in [-0.2, -0.15) is 14.3 Å². The van der Waals surface area contributed by atoms with Crippen molar-refractivity contribution >= 4 is 131 Å². The third-order valence-corrected chi connectivity index (χ3v) is 16.1. The standard InChI is InChI=1S/2C22H19ClN8O.C21H19BrClN7O.CN.CH4.Cu/c2*1-12-6-19(24)28-13(2)17(12)10-27-21(32)20-29-22(25-3)31(30-20)11-14-4-5-18-15(7-14)8-16(23)9-26-18;1-11-5-18(24)27-12(2)16(11)9-26-20(31)19-28-21(22)30(29-19)10-13-3-4-17-14(6-13)7-15(23)8-25-17;1-2;;/h2*4-9H,10-11H2,1-2H3,(H2,24,28)(H,27,32);3-8H,9-10H2,1-2H3,(H2,24,27)(H,26,31);;1H4;/q;;;-1;;+1. The maximum absolute atomic E-state index is 12.6. The average Bonchev–Trinajstić information content (AvgIpc) is 1.78. The van der Waals surface area contributed by atoms with Crippen LogP contribution < -0.4 is 33.2 Å². The Morgan fingerprint density at radius 2 is 0.768 bits per heavy atom. The Bertz CT molecular complexity index is 4860. The van der Waals surface area contributed by atoms with Crippen molar-refractivity contribution in [2.24, 2.45) is 0 Å². The van der Waals surface area contributed by atoms with Gasteiger partial charge in [0.25, 0.3) is 5.91 Å². The zero-order chi connectivity index (χ0) is 69.8. The molecule has 3 aromatic carbocycles. The molecule has 9 heterocycles. The van der Waals surface area contributed by atoms with Gasteiger partial charge in [-0.15, -0.1) is 28.2 Å². The summed E-state index contributed by atoms with van der Waals surface area (Å²) in [4.78, 5) is 82.6. The van der Waals surface area contributed by atoms with E-state index in [-0.39, 0.29) is 86.0 Å². The molecular weight excluding hydrogens is 1440 g/mol. The summed E-state index contributed by atoms with van der Waals surface area (Å²) in [7, 11) is 0. The van der Waals surface area contributed by atoms with Crippen molar-refractivity contribution in [1.29, 1.82) is 5.26 Å². The molecule has 0 aliphatic rings. The van der Waals surface area contributed by atoms with Crippen LogP contribution in [0.4, 0.5) is 29.4 Å². The molecule has 99 heavy (non-hydrogen) atoms. The number of fused-ring (bicyclic) bond motifs is 3. The van der Waals surface area contributed by atoms with Gasteiger partial charge in [0.05, 0.1) is 38.2 Å². The van der Waals surface area contributed by atoms with Crippen LogP contribution >= 0.6 is 50.7 Å². The second-order valence-electron chi connectivity index (χ2n) is 21.7. The Kier molecular flexibility index (Phi) is 25.6. The molecular formula is C67H61BrCl3CuN24O3. The van der Waals surface area contributed by atoms with Crippen molar-refractivity contribution in [3.8, 4) is 0 Å². The summed E-state index contributed by atoms with van der Waals surface area (Å²) in [6, 6.07) is 28.0. The number of aryl methyl sites for hydroxylation is 6. The molecule has 0 bridgehead atoms. The fourth-order valence-corrected chi connectivity index (χ4v) is 11.1. The molecule has 3 amide bonds. The van der Waals surface area contributed by atoms with E-state index >= 15 is 0 Å². The monoisotopic (exact) mass is 1500 g/mol. The first-order chi connectivity index (χ1) is 46.5. The van der Waals surface area contributed by atoms with Crippen molar-refractivity contribution in [2.45, 2.75) is 88.2 Å². The van der Waals surface area contributed by atoms with E-state index in [0.717, 1.165) is 99.9 Å². The summed E-state index contributed by atoms with van der Waals surface area (Å²) in [6.07, 6.45) is 4.80. The van der Waals surface area contributed by atoms with E-state index in [2.05, 4.69) is 102 Å². The van der Waals surface area contributed by atoms with E-state index in [1.54, 1.807) is 41.5 Å². The Morgan fingerprint density at radius 1 is 0.475 bits per heavy atom. The van der Waals surface area contributed by atoms with Gasteiger partial charge in [0.15, 0.2) is 4.73 Å². The molecule has 0 atom stereocenters. The van der Waals surface area contributed by atoms with Gasteiger partial charge >= 0.3 is 52.4 Å². The number of nitrogens with one attached hydrogen (secondary N) is 3. The molecule has 0 fully saturated rings. The molecule has 9 aromatic heterocycles. The number of anilines is 3. The number of nitrogen functional groups attached to an aromatic ring is 3. The van der Waals surface area contributed by atoms with Crippen LogP contribution in [0.25, 0.3) is 42.4 Å². The predicted molar refractivity (Wildman–Crippen MR) is 377 cm³/mol. The number of carbonyl (C=O) groups is 3. The fourth-order valence-electron chi connectivity index (χ4n) is 10.2. The number of rotatable bonds is 15. The zero-order valence-electron chi connectivity index (χ0n) is 53.0. The van der Waals surface area contributed by atoms with Gasteiger partial charge in [0, 0.05) is 71.5 Å². The zero-order valence-corrected chi connectivity index (χ0v) is 57.8. The molecule has 0 radical (unpaired) electrons. The topological polar surface area (TPSA) is 367 Å². The Balaban J connectivity index is 0.000000204. The first-order valence-electron chi connectivity index (χ1n) is 29.1. The van der Waals surface area contributed by atoms with E-state index in [9.17, 15) is 14.4 Å². The van der Waals surface area contributed by atoms with Gasteiger partial charge in [0.2, 0.25) is 5.82 Å². The minimum Gasteiger partial charge on any atom is -0.512 e. The molecule has 12 rings (SSSR count). The van der Waals surface area contributed by atoms with Crippen LogP contribution in [0.2, 0.25) is 15.1 Å². The summed E-state index contributed by atoms with van der Waals surface area (Å²) < 4.78 is 4.89. The summed E-state index contributed by atoms with van der Waals surface area (Å²) in [5.74, 6) is 0.00888. The van der Waals surface area contributed by atoms with Gasteiger partial charge in [-0.1, -0.05) is 70.6 Å². The summed E-state index contributed by atoms with van der Waals surface area (Å²) >= 11 is 21.5. The second-order valence-corrected chi connectivity index (χ2v) is 23.8. The number of carbonyl (C=O) groups excluding carboxylic acids is 3. The predicted octanol–water partition coefficient (Wildman–Crippen LogP) is 11.8. The van der Waals surface area contributed by atoms with Crippen molar-refractivity contribution in [2.75, 3.05) is 17.2 Å². The Hall–Kier alpha value is -11.1. The number of amides is 3. The van der Waals surface area contributed by atoms with Crippen molar-refractivity contribution in [1.82, 2.24) is 90.1 Å². The molecule has 27 nitrogen and oxygen atoms in total. The van der Waals surface area contributed by atoms with E-state index in [0.29, 0.717) is 50.3 Å². The van der Waals surface area contributed by atoms with Crippen LogP contribution in [-0.2, 0) is 56.3 Å². The number of hydrogen-bond donors (Lipinski definition) is 6. The third-order valence-electron chi connectivity index (χ3n) is 14.9. The largest absolute Gasteiger partial charge is 1.00 e. The minimum atomic E-state index is -0.473. The number of nitrogens with zero attached hydrogens (tertiary/aromatic N) is 18. The number of nitrogens with two attached hydrogens (primary N) is 3. The van der Waals surface area contributed by atoms with Crippen molar-refractivity contribution in [3.63, 3.8) is 0 Å². The van der Waals surface area contributed by atoms with Crippen LogP contribution in [0.1, 0.15) is 106 Å².